The molecule has 0 spiro atoms. The van der Waals surface area contributed by atoms with Crippen LogP contribution in [-0.2, 0) is 13.1 Å². The van der Waals surface area contributed by atoms with Crippen molar-refractivity contribution in [2.45, 2.75) is 39.8 Å². The Labute approximate surface area is 193 Å². The van der Waals surface area contributed by atoms with Crippen LogP contribution in [0.25, 0.3) is 0 Å². The van der Waals surface area contributed by atoms with Crippen molar-refractivity contribution in [3.05, 3.63) is 50.4 Å². The minimum absolute atomic E-state index is 0.0117. The van der Waals surface area contributed by atoms with Crippen LogP contribution in [0.1, 0.15) is 57.7 Å². The first kappa shape index (κ1) is 23.4. The number of thiazole rings is 2. The van der Waals surface area contributed by atoms with Gasteiger partial charge in [0.2, 0.25) is 0 Å². The first-order chi connectivity index (χ1) is 15.4. The number of ketones is 2. The SMILES string of the molecule is CCC(=O)c1csc(CNc2cc(NCc3nc(C(=O)CC)cs3)cc(NC(N)=O)c2)n1. The van der Waals surface area contributed by atoms with Crippen molar-refractivity contribution >= 4 is 57.3 Å². The zero-order chi connectivity index (χ0) is 23.1. The van der Waals surface area contributed by atoms with Crippen LogP contribution in [0.3, 0.4) is 0 Å². The van der Waals surface area contributed by atoms with Crippen LogP contribution < -0.4 is 21.7 Å². The summed E-state index contributed by atoms with van der Waals surface area (Å²) in [6.07, 6.45) is 0.833. The normalized spacial score (nSPS) is 10.6. The third kappa shape index (κ3) is 6.34. The number of urea groups is 1. The lowest BCUT2D eigenvalue weighted by atomic mass is 10.2. The average molecular weight is 473 g/mol. The molecular formula is C21H24N6O3S2. The lowest BCUT2D eigenvalue weighted by Gasteiger charge is -2.12. The Morgan fingerprint density at radius 1 is 0.812 bits per heavy atom. The quantitative estimate of drug-likeness (QED) is 0.301. The van der Waals surface area contributed by atoms with Crippen molar-refractivity contribution in [1.82, 2.24) is 9.97 Å². The van der Waals surface area contributed by atoms with Crippen molar-refractivity contribution in [1.29, 1.82) is 0 Å². The molecule has 1 aromatic carbocycles. The van der Waals surface area contributed by atoms with Crippen LogP contribution in [0.15, 0.2) is 29.0 Å². The van der Waals surface area contributed by atoms with E-state index in [9.17, 15) is 14.4 Å². The molecule has 168 valence electrons. The molecule has 11 heteroatoms. The van der Waals surface area contributed by atoms with E-state index in [2.05, 4.69) is 25.9 Å². The van der Waals surface area contributed by atoms with Gasteiger partial charge < -0.3 is 21.7 Å². The number of rotatable bonds is 11. The number of benzene rings is 1. The fourth-order valence-electron chi connectivity index (χ4n) is 2.80. The van der Waals surface area contributed by atoms with Crippen LogP contribution in [0.5, 0.6) is 0 Å². The van der Waals surface area contributed by atoms with Gasteiger partial charge in [0.1, 0.15) is 21.4 Å². The summed E-state index contributed by atoms with van der Waals surface area (Å²) in [5.74, 6) is 0.0234. The molecule has 0 aliphatic rings. The summed E-state index contributed by atoms with van der Waals surface area (Å²) in [6, 6.07) is 4.72. The maximum Gasteiger partial charge on any atom is 0.316 e. The maximum atomic E-state index is 11.8. The summed E-state index contributed by atoms with van der Waals surface area (Å²) >= 11 is 2.82. The largest absolute Gasteiger partial charge is 0.378 e. The topological polar surface area (TPSA) is 139 Å². The van der Waals surface area contributed by atoms with E-state index in [1.165, 1.54) is 22.7 Å². The molecule has 0 aliphatic heterocycles. The second-order valence-electron chi connectivity index (χ2n) is 6.80. The number of Topliss-reactive ketones (excluding diaryl/α,β-unsaturated/α-hetero) is 2. The smallest absolute Gasteiger partial charge is 0.316 e. The highest BCUT2D eigenvalue weighted by Gasteiger charge is 2.11. The molecule has 0 aliphatic carbocycles. The van der Waals surface area contributed by atoms with Crippen LogP contribution in [0.2, 0.25) is 0 Å². The van der Waals surface area contributed by atoms with Gasteiger partial charge in [0, 0.05) is 40.7 Å². The number of amides is 2. The number of carbonyl (C=O) groups excluding carboxylic acids is 3. The van der Waals surface area contributed by atoms with E-state index in [4.69, 9.17) is 5.73 Å². The van der Waals surface area contributed by atoms with Gasteiger partial charge in [0.05, 0.1) is 13.1 Å². The summed E-state index contributed by atoms with van der Waals surface area (Å²) in [5, 5.41) is 14.2. The van der Waals surface area contributed by atoms with E-state index >= 15 is 0 Å². The summed E-state index contributed by atoms with van der Waals surface area (Å²) < 4.78 is 0. The Balaban J connectivity index is 1.70. The Morgan fingerprint density at radius 2 is 1.25 bits per heavy atom. The summed E-state index contributed by atoms with van der Waals surface area (Å²) in [4.78, 5) is 43.6. The zero-order valence-electron chi connectivity index (χ0n) is 17.7. The second kappa shape index (κ2) is 10.8. The highest BCUT2D eigenvalue weighted by Crippen LogP contribution is 2.25. The number of nitrogens with one attached hydrogen (secondary N) is 3. The van der Waals surface area contributed by atoms with E-state index in [1.54, 1.807) is 36.7 Å². The Kier molecular flexibility index (Phi) is 7.90. The minimum atomic E-state index is -0.668. The van der Waals surface area contributed by atoms with Gasteiger partial charge >= 0.3 is 6.03 Å². The number of aromatic nitrogens is 2. The Hall–Kier alpha value is -3.31. The monoisotopic (exact) mass is 472 g/mol. The number of carbonyl (C=O) groups is 3. The third-order valence-electron chi connectivity index (χ3n) is 4.41. The van der Waals surface area contributed by atoms with Crippen LogP contribution in [0, 0.1) is 0 Å². The summed E-state index contributed by atoms with van der Waals surface area (Å²) in [6.45, 7) is 4.46. The molecule has 2 amide bonds. The second-order valence-corrected chi connectivity index (χ2v) is 8.69. The van der Waals surface area contributed by atoms with E-state index in [0.29, 0.717) is 43.0 Å². The summed E-state index contributed by atoms with van der Waals surface area (Å²) in [7, 11) is 0. The molecule has 0 bridgehead atoms. The number of nitrogens with two attached hydrogens (primary N) is 1. The van der Waals surface area contributed by atoms with Crippen molar-refractivity contribution < 1.29 is 14.4 Å². The number of hydrogen-bond donors (Lipinski definition) is 4. The lowest BCUT2D eigenvalue weighted by molar-refractivity contribution is 0.0976. The number of nitrogens with zero attached hydrogens (tertiary/aromatic N) is 2. The van der Waals surface area contributed by atoms with Crippen molar-refractivity contribution in [3.63, 3.8) is 0 Å². The summed E-state index contributed by atoms with van der Waals surface area (Å²) in [5.41, 5.74) is 8.22. The van der Waals surface area contributed by atoms with Crippen molar-refractivity contribution in [3.8, 4) is 0 Å². The number of anilines is 3. The number of hydrogen-bond acceptors (Lipinski definition) is 9. The third-order valence-corrected chi connectivity index (χ3v) is 6.10. The number of primary amides is 1. The highest BCUT2D eigenvalue weighted by atomic mass is 32.1. The average Bonchev–Trinajstić information content (AvgIpc) is 3.44. The molecule has 0 saturated heterocycles. The molecule has 0 atom stereocenters. The molecule has 2 aromatic heterocycles. The fourth-order valence-corrected chi connectivity index (χ4v) is 4.28. The molecule has 0 fully saturated rings. The fraction of sp³-hybridized carbons (Fsp3) is 0.286. The molecule has 5 N–H and O–H groups in total. The molecule has 2 heterocycles. The molecule has 32 heavy (non-hydrogen) atoms. The van der Waals surface area contributed by atoms with Gasteiger partial charge in [0.25, 0.3) is 0 Å². The van der Waals surface area contributed by atoms with Gasteiger partial charge in [-0.2, -0.15) is 0 Å². The Morgan fingerprint density at radius 3 is 1.66 bits per heavy atom. The molecule has 0 unspecified atom stereocenters. The van der Waals surface area contributed by atoms with Crippen LogP contribution in [-0.4, -0.2) is 27.6 Å². The molecule has 3 rings (SSSR count). The van der Waals surface area contributed by atoms with Crippen molar-refractivity contribution in [2.24, 2.45) is 5.73 Å². The van der Waals surface area contributed by atoms with E-state index in [1.807, 2.05) is 6.07 Å². The van der Waals surface area contributed by atoms with Gasteiger partial charge in [-0.15, -0.1) is 22.7 Å². The van der Waals surface area contributed by atoms with Gasteiger partial charge in [-0.3, -0.25) is 9.59 Å². The standard InChI is InChI=1S/C21H24N6O3S2/c1-3-17(28)15-10-31-19(26-15)8-23-12-5-13(7-14(6-12)25-21(22)30)24-9-20-27-16(11-32-20)18(29)4-2/h5-7,10-11,23-24H,3-4,8-9H2,1-2H3,(H3,22,25,30). The lowest BCUT2D eigenvalue weighted by Crippen LogP contribution is -2.19. The molecule has 9 nitrogen and oxygen atoms in total. The van der Waals surface area contributed by atoms with E-state index in [-0.39, 0.29) is 11.6 Å². The maximum absolute atomic E-state index is 11.8. The van der Waals surface area contributed by atoms with Gasteiger partial charge in [-0.1, -0.05) is 13.8 Å². The van der Waals surface area contributed by atoms with E-state index in [0.717, 1.165) is 21.4 Å². The predicted molar refractivity (Wildman–Crippen MR) is 128 cm³/mol. The van der Waals surface area contributed by atoms with Gasteiger partial charge in [0.15, 0.2) is 11.6 Å². The van der Waals surface area contributed by atoms with Crippen LogP contribution in [0.4, 0.5) is 21.9 Å². The van der Waals surface area contributed by atoms with Gasteiger partial charge in [-0.25, -0.2) is 14.8 Å². The molecular weight excluding hydrogens is 448 g/mol. The first-order valence-electron chi connectivity index (χ1n) is 10.0. The van der Waals surface area contributed by atoms with Crippen molar-refractivity contribution in [2.75, 3.05) is 16.0 Å². The molecule has 3 aromatic rings. The predicted octanol–water partition coefficient (Wildman–Crippen LogP) is 4.50. The Bertz CT molecular complexity index is 1050. The molecule has 0 radical (unpaired) electrons. The molecule has 0 saturated carbocycles. The highest BCUT2D eigenvalue weighted by molar-refractivity contribution is 7.10. The van der Waals surface area contributed by atoms with Crippen LogP contribution >= 0.6 is 22.7 Å². The first-order valence-corrected chi connectivity index (χ1v) is 11.8. The van der Waals surface area contributed by atoms with E-state index < -0.39 is 6.03 Å². The zero-order valence-corrected chi connectivity index (χ0v) is 19.4. The van der Waals surface area contributed by atoms with Gasteiger partial charge in [-0.05, 0) is 18.2 Å². The minimum Gasteiger partial charge on any atom is -0.378 e.